The van der Waals surface area contributed by atoms with Gasteiger partial charge in [-0.2, -0.15) is 0 Å². The number of rotatable bonds is 5. The third-order valence-electron chi connectivity index (χ3n) is 3.71. The van der Waals surface area contributed by atoms with Crippen LogP contribution in [0.25, 0.3) is 0 Å². The molecule has 0 spiro atoms. The van der Waals surface area contributed by atoms with Crippen molar-refractivity contribution in [3.63, 3.8) is 0 Å². The Morgan fingerprint density at radius 2 is 2.20 bits per heavy atom. The maximum Gasteiger partial charge on any atom is 0.225 e. The molecule has 2 unspecified atom stereocenters. The maximum atomic E-state index is 12.1. The van der Waals surface area contributed by atoms with Gasteiger partial charge >= 0.3 is 0 Å². The van der Waals surface area contributed by atoms with Gasteiger partial charge in [0.25, 0.3) is 0 Å². The van der Waals surface area contributed by atoms with E-state index in [-0.39, 0.29) is 23.8 Å². The summed E-state index contributed by atoms with van der Waals surface area (Å²) in [4.78, 5) is 29.7. The standard InChI is InChI=1S/C15H21N3O2/c1-3-11(2)17-15(20)13-8-14(19)18(10-13)9-12-4-6-16-7-5-12/h4-7,11,13H,3,8-10H2,1-2H3,(H,17,20). The first-order chi connectivity index (χ1) is 9.60. The number of carbonyl (C=O) groups excluding carboxylic acids is 2. The highest BCUT2D eigenvalue weighted by Crippen LogP contribution is 2.20. The Kier molecular flexibility index (Phi) is 4.71. The average Bonchev–Trinajstić information content (AvgIpc) is 2.81. The maximum absolute atomic E-state index is 12.1. The molecule has 2 heterocycles. The number of pyridine rings is 1. The van der Waals surface area contributed by atoms with Crippen molar-refractivity contribution >= 4 is 11.8 Å². The molecule has 20 heavy (non-hydrogen) atoms. The first-order valence-corrected chi connectivity index (χ1v) is 7.07. The number of amides is 2. The second-order valence-corrected chi connectivity index (χ2v) is 5.35. The lowest BCUT2D eigenvalue weighted by molar-refractivity contribution is -0.129. The van der Waals surface area contributed by atoms with Crippen LogP contribution in [0.2, 0.25) is 0 Å². The van der Waals surface area contributed by atoms with Gasteiger partial charge in [0.2, 0.25) is 11.8 Å². The molecule has 0 aliphatic carbocycles. The molecule has 5 heteroatoms. The summed E-state index contributed by atoms with van der Waals surface area (Å²) in [6.45, 7) is 5.06. The Hall–Kier alpha value is -1.91. The van der Waals surface area contributed by atoms with Crippen LogP contribution < -0.4 is 5.32 Å². The molecule has 1 aromatic rings. The molecule has 1 N–H and O–H groups in total. The van der Waals surface area contributed by atoms with E-state index in [1.54, 1.807) is 17.3 Å². The van der Waals surface area contributed by atoms with Crippen LogP contribution in [0.5, 0.6) is 0 Å². The van der Waals surface area contributed by atoms with E-state index in [1.165, 1.54) is 0 Å². The summed E-state index contributed by atoms with van der Waals surface area (Å²) in [7, 11) is 0. The molecular weight excluding hydrogens is 254 g/mol. The molecule has 1 aromatic heterocycles. The van der Waals surface area contributed by atoms with Crippen LogP contribution >= 0.6 is 0 Å². The fourth-order valence-corrected chi connectivity index (χ4v) is 2.27. The van der Waals surface area contributed by atoms with E-state index in [0.717, 1.165) is 12.0 Å². The highest BCUT2D eigenvalue weighted by molar-refractivity contribution is 5.89. The molecule has 2 amide bonds. The Morgan fingerprint density at radius 3 is 2.85 bits per heavy atom. The lowest BCUT2D eigenvalue weighted by Crippen LogP contribution is -2.38. The summed E-state index contributed by atoms with van der Waals surface area (Å²) in [6, 6.07) is 3.94. The molecule has 1 saturated heterocycles. The minimum absolute atomic E-state index is 0.00933. The quantitative estimate of drug-likeness (QED) is 0.882. The molecule has 1 aliphatic heterocycles. The van der Waals surface area contributed by atoms with Gasteiger partial charge in [-0.05, 0) is 31.0 Å². The topological polar surface area (TPSA) is 62.3 Å². The van der Waals surface area contributed by atoms with E-state index in [9.17, 15) is 9.59 Å². The Labute approximate surface area is 119 Å². The number of nitrogens with one attached hydrogen (secondary N) is 1. The number of hydrogen-bond donors (Lipinski definition) is 1. The first kappa shape index (κ1) is 14.5. The summed E-state index contributed by atoms with van der Waals surface area (Å²) in [5.74, 6) is -0.186. The van der Waals surface area contributed by atoms with Crippen LogP contribution in [0, 0.1) is 5.92 Å². The van der Waals surface area contributed by atoms with Crippen molar-refractivity contribution in [2.75, 3.05) is 6.54 Å². The van der Waals surface area contributed by atoms with Gasteiger partial charge in [0.05, 0.1) is 5.92 Å². The van der Waals surface area contributed by atoms with Gasteiger partial charge in [-0.25, -0.2) is 0 Å². The van der Waals surface area contributed by atoms with Gasteiger partial charge < -0.3 is 10.2 Å². The molecule has 0 aromatic carbocycles. The number of carbonyl (C=O) groups is 2. The molecule has 0 radical (unpaired) electrons. The fourth-order valence-electron chi connectivity index (χ4n) is 2.27. The monoisotopic (exact) mass is 275 g/mol. The third-order valence-corrected chi connectivity index (χ3v) is 3.71. The van der Waals surface area contributed by atoms with Gasteiger partial charge in [0, 0.05) is 37.9 Å². The largest absolute Gasteiger partial charge is 0.353 e. The van der Waals surface area contributed by atoms with Gasteiger partial charge in [0.15, 0.2) is 0 Å². The zero-order chi connectivity index (χ0) is 14.5. The summed E-state index contributed by atoms with van der Waals surface area (Å²) in [6.07, 6.45) is 4.63. The van der Waals surface area contributed by atoms with Crippen LogP contribution in [0.4, 0.5) is 0 Å². The molecule has 1 aliphatic rings. The second-order valence-electron chi connectivity index (χ2n) is 5.35. The molecule has 0 bridgehead atoms. The lowest BCUT2D eigenvalue weighted by atomic mass is 10.1. The van der Waals surface area contributed by atoms with Crippen molar-refractivity contribution in [2.24, 2.45) is 5.92 Å². The normalized spacial score (nSPS) is 20.0. The zero-order valence-electron chi connectivity index (χ0n) is 12.0. The van der Waals surface area contributed by atoms with Crippen LogP contribution in [0.3, 0.4) is 0 Å². The van der Waals surface area contributed by atoms with Crippen LogP contribution in [0.1, 0.15) is 32.3 Å². The van der Waals surface area contributed by atoms with Crippen LogP contribution in [-0.4, -0.2) is 34.3 Å². The van der Waals surface area contributed by atoms with Crippen molar-refractivity contribution in [2.45, 2.75) is 39.3 Å². The third kappa shape index (κ3) is 3.56. The average molecular weight is 275 g/mol. The fraction of sp³-hybridized carbons (Fsp3) is 0.533. The van der Waals surface area contributed by atoms with Crippen molar-refractivity contribution in [1.82, 2.24) is 15.2 Å². The highest BCUT2D eigenvalue weighted by atomic mass is 16.2. The van der Waals surface area contributed by atoms with E-state index >= 15 is 0 Å². The SMILES string of the molecule is CCC(C)NC(=O)C1CC(=O)N(Cc2ccncc2)C1. The van der Waals surface area contributed by atoms with Gasteiger partial charge in [-0.1, -0.05) is 6.92 Å². The molecule has 1 fully saturated rings. The highest BCUT2D eigenvalue weighted by Gasteiger charge is 2.34. The number of nitrogens with zero attached hydrogens (tertiary/aromatic N) is 2. The molecule has 0 saturated carbocycles. The van der Waals surface area contributed by atoms with Crippen molar-refractivity contribution in [3.8, 4) is 0 Å². The van der Waals surface area contributed by atoms with Gasteiger partial charge in [0.1, 0.15) is 0 Å². The second kappa shape index (κ2) is 6.50. The number of aromatic nitrogens is 1. The smallest absolute Gasteiger partial charge is 0.225 e. The molecular formula is C15H21N3O2. The van der Waals surface area contributed by atoms with E-state index in [0.29, 0.717) is 19.5 Å². The predicted molar refractivity (Wildman–Crippen MR) is 75.7 cm³/mol. The van der Waals surface area contributed by atoms with Crippen LogP contribution in [-0.2, 0) is 16.1 Å². The van der Waals surface area contributed by atoms with Gasteiger partial charge in [-0.3, -0.25) is 14.6 Å². The minimum Gasteiger partial charge on any atom is -0.353 e. The summed E-state index contributed by atoms with van der Waals surface area (Å²) < 4.78 is 0. The molecule has 5 nitrogen and oxygen atoms in total. The van der Waals surface area contributed by atoms with Gasteiger partial charge in [-0.15, -0.1) is 0 Å². The Bertz CT molecular complexity index is 475. The number of hydrogen-bond acceptors (Lipinski definition) is 3. The Morgan fingerprint density at radius 1 is 1.50 bits per heavy atom. The summed E-state index contributed by atoms with van der Waals surface area (Å²) in [5.41, 5.74) is 1.04. The summed E-state index contributed by atoms with van der Waals surface area (Å²) in [5, 5.41) is 2.95. The summed E-state index contributed by atoms with van der Waals surface area (Å²) >= 11 is 0. The van der Waals surface area contributed by atoms with Crippen molar-refractivity contribution in [3.05, 3.63) is 30.1 Å². The van der Waals surface area contributed by atoms with E-state index in [4.69, 9.17) is 0 Å². The van der Waals surface area contributed by atoms with Crippen LogP contribution in [0.15, 0.2) is 24.5 Å². The molecule has 108 valence electrons. The van der Waals surface area contributed by atoms with E-state index < -0.39 is 0 Å². The lowest BCUT2D eigenvalue weighted by Gasteiger charge is -2.17. The zero-order valence-corrected chi connectivity index (χ0v) is 12.0. The minimum atomic E-state index is -0.224. The molecule has 2 rings (SSSR count). The number of likely N-dealkylation sites (tertiary alicyclic amines) is 1. The first-order valence-electron chi connectivity index (χ1n) is 7.07. The van der Waals surface area contributed by atoms with E-state index in [1.807, 2.05) is 26.0 Å². The van der Waals surface area contributed by atoms with E-state index in [2.05, 4.69) is 10.3 Å². The predicted octanol–water partition coefficient (Wildman–Crippen LogP) is 1.34. The van der Waals surface area contributed by atoms with Crippen molar-refractivity contribution < 1.29 is 9.59 Å². The van der Waals surface area contributed by atoms with Crippen molar-refractivity contribution in [1.29, 1.82) is 0 Å². The molecule has 2 atom stereocenters. The Balaban J connectivity index is 1.92.